The highest BCUT2D eigenvalue weighted by molar-refractivity contribution is 9.10. The standard InChI is InChI=1S/C10H13BrN2O2S/c11-9-6-10(8-12-7-9)16(14,15)13-4-2-1-3-5-13/h6-8H,1-5H2. The Hall–Kier alpha value is -0.460. The largest absolute Gasteiger partial charge is 0.262 e. The molecule has 1 aliphatic rings. The fraction of sp³-hybridized carbons (Fsp3) is 0.500. The van der Waals surface area contributed by atoms with E-state index in [2.05, 4.69) is 20.9 Å². The number of halogens is 1. The molecule has 1 saturated heterocycles. The van der Waals surface area contributed by atoms with E-state index >= 15 is 0 Å². The lowest BCUT2D eigenvalue weighted by molar-refractivity contribution is 0.346. The molecule has 1 aromatic rings. The van der Waals surface area contributed by atoms with Crippen LogP contribution in [0.15, 0.2) is 27.8 Å². The van der Waals surface area contributed by atoms with Crippen molar-refractivity contribution in [2.45, 2.75) is 24.2 Å². The maximum atomic E-state index is 12.2. The summed E-state index contributed by atoms with van der Waals surface area (Å²) in [5, 5.41) is 0. The van der Waals surface area contributed by atoms with Gasteiger partial charge in [0.1, 0.15) is 4.90 Å². The zero-order chi connectivity index (χ0) is 11.6. The van der Waals surface area contributed by atoms with Crippen molar-refractivity contribution in [2.75, 3.05) is 13.1 Å². The Kier molecular flexibility index (Phi) is 3.61. The summed E-state index contributed by atoms with van der Waals surface area (Å²) in [5.41, 5.74) is 0. The summed E-state index contributed by atoms with van der Waals surface area (Å²) in [7, 11) is -3.34. The molecule has 0 spiro atoms. The minimum absolute atomic E-state index is 0.267. The number of hydrogen-bond donors (Lipinski definition) is 0. The van der Waals surface area contributed by atoms with E-state index in [0.717, 1.165) is 19.3 Å². The molecule has 16 heavy (non-hydrogen) atoms. The van der Waals surface area contributed by atoms with Crippen molar-refractivity contribution in [2.24, 2.45) is 0 Å². The Morgan fingerprint density at radius 3 is 2.50 bits per heavy atom. The Bertz CT molecular complexity index is 469. The summed E-state index contributed by atoms with van der Waals surface area (Å²) in [6, 6.07) is 1.59. The fourth-order valence-electron chi connectivity index (χ4n) is 1.79. The normalized spacial score (nSPS) is 18.6. The van der Waals surface area contributed by atoms with Crippen LogP contribution >= 0.6 is 15.9 Å². The molecule has 0 radical (unpaired) electrons. The highest BCUT2D eigenvalue weighted by atomic mass is 79.9. The molecule has 0 N–H and O–H groups in total. The van der Waals surface area contributed by atoms with Gasteiger partial charge in [0.2, 0.25) is 10.0 Å². The number of sulfonamides is 1. The molecule has 2 heterocycles. The second-order valence-corrected chi connectivity index (χ2v) is 6.66. The van der Waals surface area contributed by atoms with Gasteiger partial charge in [-0.2, -0.15) is 4.31 Å². The van der Waals surface area contributed by atoms with E-state index in [4.69, 9.17) is 0 Å². The molecule has 0 amide bonds. The van der Waals surface area contributed by atoms with Gasteiger partial charge in [-0.25, -0.2) is 8.42 Å². The van der Waals surface area contributed by atoms with Gasteiger partial charge >= 0.3 is 0 Å². The van der Waals surface area contributed by atoms with Gasteiger partial charge in [-0.05, 0) is 34.8 Å². The van der Waals surface area contributed by atoms with Crippen molar-refractivity contribution in [1.82, 2.24) is 9.29 Å². The molecule has 0 aromatic carbocycles. The number of piperidine rings is 1. The van der Waals surface area contributed by atoms with E-state index in [1.54, 1.807) is 16.6 Å². The van der Waals surface area contributed by atoms with Gasteiger partial charge in [0, 0.05) is 30.0 Å². The zero-order valence-electron chi connectivity index (χ0n) is 8.76. The summed E-state index contributed by atoms with van der Waals surface area (Å²) in [5.74, 6) is 0. The van der Waals surface area contributed by atoms with E-state index in [0.29, 0.717) is 17.6 Å². The summed E-state index contributed by atoms with van der Waals surface area (Å²) in [6.07, 6.45) is 5.98. The highest BCUT2D eigenvalue weighted by Crippen LogP contribution is 2.21. The van der Waals surface area contributed by atoms with Crippen LogP contribution in [0, 0.1) is 0 Å². The van der Waals surface area contributed by atoms with Crippen LogP contribution in [0.5, 0.6) is 0 Å². The smallest absolute Gasteiger partial charge is 0.244 e. The Morgan fingerprint density at radius 1 is 1.19 bits per heavy atom. The first-order valence-corrected chi connectivity index (χ1v) is 7.45. The lowest BCUT2D eigenvalue weighted by Crippen LogP contribution is -2.35. The molecule has 1 aromatic heterocycles. The minimum Gasteiger partial charge on any atom is -0.262 e. The van der Waals surface area contributed by atoms with Crippen LogP contribution < -0.4 is 0 Å². The average Bonchev–Trinajstić information content (AvgIpc) is 2.30. The third kappa shape index (κ3) is 2.44. The molecule has 0 unspecified atom stereocenters. The molecule has 4 nitrogen and oxygen atoms in total. The first-order chi connectivity index (χ1) is 7.60. The molecule has 1 fully saturated rings. The van der Waals surface area contributed by atoms with Crippen molar-refractivity contribution >= 4 is 26.0 Å². The van der Waals surface area contributed by atoms with Crippen LogP contribution in [-0.2, 0) is 10.0 Å². The SMILES string of the molecule is O=S(=O)(c1cncc(Br)c1)N1CCCCC1. The summed E-state index contributed by atoms with van der Waals surface area (Å²) >= 11 is 3.23. The van der Waals surface area contributed by atoms with Gasteiger partial charge in [-0.3, -0.25) is 4.98 Å². The molecule has 0 atom stereocenters. The number of aromatic nitrogens is 1. The lowest BCUT2D eigenvalue weighted by atomic mass is 10.2. The number of pyridine rings is 1. The van der Waals surface area contributed by atoms with Crippen LogP contribution in [0.1, 0.15) is 19.3 Å². The van der Waals surface area contributed by atoms with Crippen molar-refractivity contribution < 1.29 is 8.42 Å². The van der Waals surface area contributed by atoms with Crippen molar-refractivity contribution in [3.8, 4) is 0 Å². The van der Waals surface area contributed by atoms with Crippen LogP contribution in [0.4, 0.5) is 0 Å². The molecule has 1 aliphatic heterocycles. The second-order valence-electron chi connectivity index (χ2n) is 3.80. The Labute approximate surface area is 104 Å². The summed E-state index contributed by atoms with van der Waals surface area (Å²) in [6.45, 7) is 1.24. The molecule has 2 rings (SSSR count). The van der Waals surface area contributed by atoms with Crippen molar-refractivity contribution in [1.29, 1.82) is 0 Å². The summed E-state index contributed by atoms with van der Waals surface area (Å²) in [4.78, 5) is 4.16. The maximum absolute atomic E-state index is 12.2. The second kappa shape index (κ2) is 4.81. The lowest BCUT2D eigenvalue weighted by Gasteiger charge is -2.25. The summed E-state index contributed by atoms with van der Waals surface area (Å²) < 4.78 is 26.6. The van der Waals surface area contributed by atoms with Gasteiger partial charge in [0.15, 0.2) is 0 Å². The fourth-order valence-corrected chi connectivity index (χ4v) is 3.81. The van der Waals surface area contributed by atoms with Crippen molar-refractivity contribution in [3.63, 3.8) is 0 Å². The molecule has 88 valence electrons. The first-order valence-electron chi connectivity index (χ1n) is 5.21. The van der Waals surface area contributed by atoms with Crippen molar-refractivity contribution in [3.05, 3.63) is 22.9 Å². The third-order valence-corrected chi connectivity index (χ3v) is 4.93. The van der Waals surface area contributed by atoms with E-state index < -0.39 is 10.0 Å². The number of rotatable bonds is 2. The molecule has 6 heteroatoms. The predicted octanol–water partition coefficient (Wildman–Crippen LogP) is 2.02. The average molecular weight is 305 g/mol. The van der Waals surface area contributed by atoms with Gasteiger partial charge < -0.3 is 0 Å². The van der Waals surface area contributed by atoms with Gasteiger partial charge in [0.05, 0.1) is 0 Å². The van der Waals surface area contributed by atoms with E-state index in [1.165, 1.54) is 6.20 Å². The van der Waals surface area contributed by atoms with Crippen LogP contribution in [-0.4, -0.2) is 30.8 Å². The Morgan fingerprint density at radius 2 is 1.88 bits per heavy atom. The molecule has 0 saturated carbocycles. The quantitative estimate of drug-likeness (QED) is 0.840. The van der Waals surface area contributed by atoms with E-state index in [9.17, 15) is 8.42 Å². The predicted molar refractivity (Wildman–Crippen MR) is 64.5 cm³/mol. The third-order valence-electron chi connectivity index (χ3n) is 2.63. The number of hydrogen-bond acceptors (Lipinski definition) is 3. The topological polar surface area (TPSA) is 50.3 Å². The highest BCUT2D eigenvalue weighted by Gasteiger charge is 2.26. The molecular formula is C10H13BrN2O2S. The van der Waals surface area contributed by atoms with E-state index in [-0.39, 0.29) is 4.90 Å². The zero-order valence-corrected chi connectivity index (χ0v) is 11.2. The Balaban J connectivity index is 2.30. The molecule has 0 aliphatic carbocycles. The van der Waals surface area contributed by atoms with Crippen LogP contribution in [0.2, 0.25) is 0 Å². The molecule has 0 bridgehead atoms. The van der Waals surface area contributed by atoms with Gasteiger partial charge in [-0.15, -0.1) is 0 Å². The first kappa shape index (κ1) is 12.0. The minimum atomic E-state index is -3.34. The van der Waals surface area contributed by atoms with Crippen LogP contribution in [0.3, 0.4) is 0 Å². The van der Waals surface area contributed by atoms with Gasteiger partial charge in [-0.1, -0.05) is 6.42 Å². The molecular weight excluding hydrogens is 292 g/mol. The monoisotopic (exact) mass is 304 g/mol. The van der Waals surface area contributed by atoms with Gasteiger partial charge in [0.25, 0.3) is 0 Å². The van der Waals surface area contributed by atoms with Crippen LogP contribution in [0.25, 0.3) is 0 Å². The number of nitrogens with zero attached hydrogens (tertiary/aromatic N) is 2. The van der Waals surface area contributed by atoms with E-state index in [1.807, 2.05) is 0 Å². The maximum Gasteiger partial charge on any atom is 0.244 e.